The van der Waals surface area contributed by atoms with Gasteiger partial charge in [-0.05, 0) is 53.9 Å². The Morgan fingerprint density at radius 1 is 1.24 bits per heavy atom. The van der Waals surface area contributed by atoms with Gasteiger partial charge in [0, 0.05) is 61.6 Å². The summed E-state index contributed by atoms with van der Waals surface area (Å²) >= 11 is 0. The van der Waals surface area contributed by atoms with E-state index in [1.165, 1.54) is 11.1 Å². The number of pyridine rings is 1. The topological polar surface area (TPSA) is 63.1 Å². The molecule has 6 nitrogen and oxygen atoms in total. The zero-order chi connectivity index (χ0) is 20.2. The fraction of sp³-hybridized carbons (Fsp3) is 0.261. The average Bonchev–Trinajstić information content (AvgIpc) is 3.18. The standard InChI is InChI=1S/C23H25N5O/c1-3-28-11-9-17-4-6-21(12-19(17)16-28)26-23(29)7-5-18-13-24-10-8-22(18)20-14-25-27(2)15-20/h4-8,10,12-15H,3,9,11,16H2,1-2H3,(H,26,29)/b7-5+. The first kappa shape index (κ1) is 19.1. The fourth-order valence-corrected chi connectivity index (χ4v) is 3.68. The molecule has 1 aliphatic heterocycles. The third-order valence-electron chi connectivity index (χ3n) is 5.29. The lowest BCUT2D eigenvalue weighted by Gasteiger charge is -2.27. The Bertz CT molecular complexity index is 1050. The van der Waals surface area contributed by atoms with E-state index in [9.17, 15) is 4.79 Å². The van der Waals surface area contributed by atoms with Gasteiger partial charge in [0.2, 0.25) is 5.91 Å². The first-order valence-electron chi connectivity index (χ1n) is 9.88. The van der Waals surface area contributed by atoms with Crippen LogP contribution in [0.2, 0.25) is 0 Å². The second-order valence-electron chi connectivity index (χ2n) is 7.29. The molecular weight excluding hydrogens is 362 g/mol. The van der Waals surface area contributed by atoms with Crippen molar-refractivity contribution in [3.05, 3.63) is 71.8 Å². The highest BCUT2D eigenvalue weighted by atomic mass is 16.1. The van der Waals surface area contributed by atoms with Crippen LogP contribution in [0.25, 0.3) is 17.2 Å². The quantitative estimate of drug-likeness (QED) is 0.681. The Hall–Kier alpha value is -3.25. The summed E-state index contributed by atoms with van der Waals surface area (Å²) in [6.07, 6.45) is 11.7. The van der Waals surface area contributed by atoms with Crippen molar-refractivity contribution < 1.29 is 4.79 Å². The van der Waals surface area contributed by atoms with E-state index in [1.54, 1.807) is 35.4 Å². The fourth-order valence-electron chi connectivity index (χ4n) is 3.68. The first-order chi connectivity index (χ1) is 14.1. The van der Waals surface area contributed by atoms with E-state index in [2.05, 4.69) is 39.4 Å². The number of hydrogen-bond acceptors (Lipinski definition) is 4. The Labute approximate surface area is 170 Å². The second kappa shape index (κ2) is 8.41. The number of nitrogens with one attached hydrogen (secondary N) is 1. The van der Waals surface area contributed by atoms with E-state index in [0.717, 1.165) is 48.4 Å². The van der Waals surface area contributed by atoms with Crippen LogP contribution in [0.3, 0.4) is 0 Å². The third kappa shape index (κ3) is 4.43. The van der Waals surface area contributed by atoms with Crippen molar-refractivity contribution in [3.63, 3.8) is 0 Å². The summed E-state index contributed by atoms with van der Waals surface area (Å²) in [6.45, 7) is 5.26. The highest BCUT2D eigenvalue weighted by molar-refractivity contribution is 6.02. The van der Waals surface area contributed by atoms with E-state index >= 15 is 0 Å². The van der Waals surface area contributed by atoms with E-state index in [1.807, 2.05) is 25.4 Å². The molecule has 3 heterocycles. The smallest absolute Gasteiger partial charge is 0.248 e. The lowest BCUT2D eigenvalue weighted by atomic mass is 9.99. The predicted octanol–water partition coefficient (Wildman–Crippen LogP) is 3.51. The molecular formula is C23H25N5O. The van der Waals surface area contributed by atoms with Gasteiger partial charge in [-0.25, -0.2) is 0 Å². The number of carbonyl (C=O) groups excluding carboxylic acids is 1. The van der Waals surface area contributed by atoms with Gasteiger partial charge in [-0.1, -0.05) is 13.0 Å². The molecule has 0 saturated carbocycles. The minimum absolute atomic E-state index is 0.158. The van der Waals surface area contributed by atoms with Crippen molar-refractivity contribution in [1.82, 2.24) is 19.7 Å². The van der Waals surface area contributed by atoms with E-state index < -0.39 is 0 Å². The van der Waals surface area contributed by atoms with Crippen LogP contribution in [0.5, 0.6) is 0 Å². The summed E-state index contributed by atoms with van der Waals surface area (Å²) in [5, 5.41) is 7.20. The summed E-state index contributed by atoms with van der Waals surface area (Å²) in [4.78, 5) is 19.1. The molecule has 0 fully saturated rings. The molecule has 3 aromatic rings. The van der Waals surface area contributed by atoms with Crippen molar-refractivity contribution in [2.45, 2.75) is 19.9 Å². The Kier molecular flexibility index (Phi) is 5.53. The van der Waals surface area contributed by atoms with Gasteiger partial charge in [0.25, 0.3) is 0 Å². The molecule has 0 spiro atoms. The number of rotatable bonds is 5. The molecule has 0 radical (unpaired) electrons. The summed E-state index contributed by atoms with van der Waals surface area (Å²) in [5.41, 5.74) is 6.36. The molecule has 2 aromatic heterocycles. The number of nitrogens with zero attached hydrogens (tertiary/aromatic N) is 4. The molecule has 1 N–H and O–H groups in total. The number of carbonyl (C=O) groups is 1. The third-order valence-corrected chi connectivity index (χ3v) is 5.29. The van der Waals surface area contributed by atoms with Crippen LogP contribution in [-0.4, -0.2) is 38.7 Å². The molecule has 1 aromatic carbocycles. The number of hydrogen-bond donors (Lipinski definition) is 1. The average molecular weight is 387 g/mol. The molecule has 0 atom stereocenters. The SMILES string of the molecule is CCN1CCc2ccc(NC(=O)/C=C/c3cnccc3-c3cnn(C)c3)cc2C1. The van der Waals surface area contributed by atoms with E-state index in [-0.39, 0.29) is 5.91 Å². The molecule has 0 aliphatic carbocycles. The van der Waals surface area contributed by atoms with Crippen molar-refractivity contribution in [2.24, 2.45) is 7.05 Å². The number of benzene rings is 1. The van der Waals surface area contributed by atoms with Crippen LogP contribution >= 0.6 is 0 Å². The summed E-state index contributed by atoms with van der Waals surface area (Å²) < 4.78 is 1.76. The highest BCUT2D eigenvalue weighted by Gasteiger charge is 2.15. The van der Waals surface area contributed by atoms with Crippen LogP contribution in [-0.2, 0) is 24.8 Å². The van der Waals surface area contributed by atoms with Gasteiger partial charge in [-0.2, -0.15) is 5.10 Å². The van der Waals surface area contributed by atoms with Crippen LogP contribution in [0, 0.1) is 0 Å². The van der Waals surface area contributed by atoms with E-state index in [0.29, 0.717) is 0 Å². The lowest BCUT2D eigenvalue weighted by molar-refractivity contribution is -0.111. The Morgan fingerprint density at radius 3 is 2.93 bits per heavy atom. The van der Waals surface area contributed by atoms with Gasteiger partial charge >= 0.3 is 0 Å². The van der Waals surface area contributed by atoms with Gasteiger partial charge in [0.1, 0.15) is 0 Å². The largest absolute Gasteiger partial charge is 0.323 e. The van der Waals surface area contributed by atoms with Gasteiger partial charge in [0.15, 0.2) is 0 Å². The van der Waals surface area contributed by atoms with Crippen molar-refractivity contribution in [3.8, 4) is 11.1 Å². The molecule has 1 amide bonds. The number of amides is 1. The Morgan fingerprint density at radius 2 is 2.14 bits per heavy atom. The summed E-state index contributed by atoms with van der Waals surface area (Å²) in [6, 6.07) is 8.13. The number of aryl methyl sites for hydroxylation is 1. The van der Waals surface area contributed by atoms with Gasteiger partial charge in [-0.3, -0.25) is 19.4 Å². The zero-order valence-corrected chi connectivity index (χ0v) is 16.8. The minimum atomic E-state index is -0.158. The molecule has 148 valence electrons. The number of anilines is 1. The minimum Gasteiger partial charge on any atom is -0.323 e. The molecule has 0 bridgehead atoms. The predicted molar refractivity (Wildman–Crippen MR) is 115 cm³/mol. The maximum Gasteiger partial charge on any atom is 0.248 e. The second-order valence-corrected chi connectivity index (χ2v) is 7.29. The summed E-state index contributed by atoms with van der Waals surface area (Å²) in [7, 11) is 1.88. The van der Waals surface area contributed by atoms with Crippen LogP contribution in [0.4, 0.5) is 5.69 Å². The van der Waals surface area contributed by atoms with Crippen LogP contribution in [0.15, 0.2) is 55.1 Å². The van der Waals surface area contributed by atoms with Crippen molar-refractivity contribution >= 4 is 17.7 Å². The lowest BCUT2D eigenvalue weighted by Crippen LogP contribution is -2.30. The number of fused-ring (bicyclic) bond motifs is 1. The molecule has 0 saturated heterocycles. The molecule has 29 heavy (non-hydrogen) atoms. The first-order valence-corrected chi connectivity index (χ1v) is 9.88. The van der Waals surface area contributed by atoms with Crippen molar-refractivity contribution in [2.75, 3.05) is 18.4 Å². The van der Waals surface area contributed by atoms with Gasteiger partial charge < -0.3 is 5.32 Å². The monoisotopic (exact) mass is 387 g/mol. The van der Waals surface area contributed by atoms with Crippen LogP contribution in [0.1, 0.15) is 23.6 Å². The zero-order valence-electron chi connectivity index (χ0n) is 16.8. The van der Waals surface area contributed by atoms with Crippen molar-refractivity contribution in [1.29, 1.82) is 0 Å². The van der Waals surface area contributed by atoms with Gasteiger partial charge in [-0.15, -0.1) is 0 Å². The maximum absolute atomic E-state index is 12.5. The molecule has 0 unspecified atom stereocenters. The highest BCUT2D eigenvalue weighted by Crippen LogP contribution is 2.24. The molecule has 6 heteroatoms. The van der Waals surface area contributed by atoms with Gasteiger partial charge in [0.05, 0.1) is 6.20 Å². The maximum atomic E-state index is 12.5. The molecule has 4 rings (SSSR count). The normalized spacial score (nSPS) is 14.1. The molecule has 1 aliphatic rings. The summed E-state index contributed by atoms with van der Waals surface area (Å²) in [5.74, 6) is -0.158. The Balaban J connectivity index is 1.48. The number of aromatic nitrogens is 3. The van der Waals surface area contributed by atoms with Crippen LogP contribution < -0.4 is 5.32 Å². The van der Waals surface area contributed by atoms with E-state index in [4.69, 9.17) is 0 Å². The number of likely N-dealkylation sites (N-methyl/N-ethyl adjacent to an activating group) is 1.